The van der Waals surface area contributed by atoms with Crippen molar-refractivity contribution in [3.8, 4) is 17.2 Å². The van der Waals surface area contributed by atoms with E-state index in [1.165, 1.54) is 10.6 Å². The summed E-state index contributed by atoms with van der Waals surface area (Å²) in [7, 11) is -1.65. The Bertz CT molecular complexity index is 888. The van der Waals surface area contributed by atoms with E-state index in [1.807, 2.05) is 0 Å². The lowest BCUT2D eigenvalue weighted by Crippen LogP contribution is -2.40. The third-order valence-electron chi connectivity index (χ3n) is 4.27. The zero-order chi connectivity index (χ0) is 18.7. The van der Waals surface area contributed by atoms with E-state index in [0.717, 1.165) is 0 Å². The molecule has 140 valence electrons. The SMILES string of the molecule is COc1cccc(-c2nnc(NC(=O)C3CCN(S(C)(=O)=O)CC3)o2)c1. The summed E-state index contributed by atoms with van der Waals surface area (Å²) < 4.78 is 35.1. The fourth-order valence-corrected chi connectivity index (χ4v) is 3.68. The molecule has 10 heteroatoms. The quantitative estimate of drug-likeness (QED) is 0.833. The number of amides is 1. The summed E-state index contributed by atoms with van der Waals surface area (Å²) in [5, 5.41) is 10.4. The van der Waals surface area contributed by atoms with Crippen LogP contribution >= 0.6 is 0 Å². The summed E-state index contributed by atoms with van der Waals surface area (Å²) in [6.45, 7) is 0.658. The first-order valence-electron chi connectivity index (χ1n) is 8.11. The minimum absolute atomic E-state index is 0.0124. The monoisotopic (exact) mass is 380 g/mol. The van der Waals surface area contributed by atoms with Crippen LogP contribution in [-0.2, 0) is 14.8 Å². The molecule has 1 saturated heterocycles. The lowest BCUT2D eigenvalue weighted by atomic mass is 9.97. The van der Waals surface area contributed by atoms with E-state index >= 15 is 0 Å². The number of hydrogen-bond acceptors (Lipinski definition) is 7. The number of rotatable bonds is 5. The van der Waals surface area contributed by atoms with Crippen LogP contribution in [0.25, 0.3) is 11.5 Å². The van der Waals surface area contributed by atoms with Crippen molar-refractivity contribution in [1.29, 1.82) is 0 Å². The number of ether oxygens (including phenoxy) is 1. The molecule has 1 aromatic heterocycles. The Morgan fingerprint density at radius 2 is 2.04 bits per heavy atom. The topological polar surface area (TPSA) is 115 Å². The Labute approximate surface area is 151 Å². The molecule has 0 bridgehead atoms. The molecule has 3 rings (SSSR count). The van der Waals surface area contributed by atoms with Crippen LogP contribution in [0.4, 0.5) is 6.01 Å². The van der Waals surface area contributed by atoms with Gasteiger partial charge in [-0.2, -0.15) is 0 Å². The van der Waals surface area contributed by atoms with Crippen molar-refractivity contribution in [2.24, 2.45) is 5.92 Å². The van der Waals surface area contributed by atoms with E-state index < -0.39 is 10.0 Å². The average molecular weight is 380 g/mol. The van der Waals surface area contributed by atoms with Crippen LogP contribution in [-0.4, -0.2) is 55.3 Å². The summed E-state index contributed by atoms with van der Waals surface area (Å²) in [5.74, 6) is 0.384. The summed E-state index contributed by atoms with van der Waals surface area (Å²) in [6.07, 6.45) is 2.08. The van der Waals surface area contributed by atoms with E-state index in [4.69, 9.17) is 9.15 Å². The van der Waals surface area contributed by atoms with Crippen molar-refractivity contribution in [2.75, 3.05) is 31.8 Å². The predicted molar refractivity (Wildman–Crippen MR) is 94.1 cm³/mol. The fourth-order valence-electron chi connectivity index (χ4n) is 2.80. The molecule has 0 radical (unpaired) electrons. The second kappa shape index (κ2) is 7.42. The zero-order valence-electron chi connectivity index (χ0n) is 14.5. The number of nitrogens with zero attached hydrogens (tertiary/aromatic N) is 3. The summed E-state index contributed by atoms with van der Waals surface area (Å²) >= 11 is 0. The first-order chi connectivity index (χ1) is 12.4. The Kier molecular flexibility index (Phi) is 5.23. The lowest BCUT2D eigenvalue weighted by molar-refractivity contribution is -0.121. The van der Waals surface area contributed by atoms with Gasteiger partial charge in [0.1, 0.15) is 5.75 Å². The molecule has 1 aromatic carbocycles. The van der Waals surface area contributed by atoms with Crippen LogP contribution in [0.3, 0.4) is 0 Å². The van der Waals surface area contributed by atoms with Gasteiger partial charge in [0, 0.05) is 24.6 Å². The summed E-state index contributed by atoms with van der Waals surface area (Å²) in [6, 6.07) is 7.15. The number of methoxy groups -OCH3 is 1. The molecule has 2 heterocycles. The van der Waals surface area contributed by atoms with E-state index in [1.54, 1.807) is 31.4 Å². The molecular weight excluding hydrogens is 360 g/mol. The highest BCUT2D eigenvalue weighted by Crippen LogP contribution is 2.25. The highest BCUT2D eigenvalue weighted by Gasteiger charge is 2.29. The summed E-state index contributed by atoms with van der Waals surface area (Å²) in [4.78, 5) is 12.3. The van der Waals surface area contributed by atoms with E-state index in [-0.39, 0.29) is 23.7 Å². The van der Waals surface area contributed by atoms with E-state index in [2.05, 4.69) is 15.5 Å². The van der Waals surface area contributed by atoms with Crippen molar-refractivity contribution in [3.63, 3.8) is 0 Å². The van der Waals surface area contributed by atoms with Crippen molar-refractivity contribution < 1.29 is 22.4 Å². The summed E-state index contributed by atoms with van der Waals surface area (Å²) in [5.41, 5.74) is 0.679. The van der Waals surface area contributed by atoms with E-state index in [9.17, 15) is 13.2 Å². The van der Waals surface area contributed by atoms with Gasteiger partial charge in [-0.25, -0.2) is 12.7 Å². The molecule has 26 heavy (non-hydrogen) atoms. The van der Waals surface area contributed by atoms with Crippen LogP contribution < -0.4 is 10.1 Å². The van der Waals surface area contributed by atoms with Crippen molar-refractivity contribution in [2.45, 2.75) is 12.8 Å². The number of sulfonamides is 1. The lowest BCUT2D eigenvalue weighted by Gasteiger charge is -2.29. The van der Waals surface area contributed by atoms with Crippen LogP contribution in [0.5, 0.6) is 5.75 Å². The Balaban J connectivity index is 1.61. The Morgan fingerprint density at radius 3 is 2.69 bits per heavy atom. The van der Waals surface area contributed by atoms with Gasteiger partial charge in [0.2, 0.25) is 21.8 Å². The maximum atomic E-state index is 12.3. The molecule has 1 amide bonds. The highest BCUT2D eigenvalue weighted by atomic mass is 32.2. The molecule has 2 aromatic rings. The van der Waals surface area contributed by atoms with Gasteiger partial charge in [0.05, 0.1) is 13.4 Å². The molecule has 0 aliphatic carbocycles. The maximum absolute atomic E-state index is 12.3. The van der Waals surface area contributed by atoms with Crippen LogP contribution in [0.2, 0.25) is 0 Å². The van der Waals surface area contributed by atoms with Gasteiger partial charge < -0.3 is 9.15 Å². The zero-order valence-corrected chi connectivity index (χ0v) is 15.3. The minimum atomic E-state index is -3.22. The first kappa shape index (κ1) is 18.3. The second-order valence-electron chi connectivity index (χ2n) is 6.07. The average Bonchev–Trinajstić information content (AvgIpc) is 3.09. The second-order valence-corrected chi connectivity index (χ2v) is 8.05. The van der Waals surface area contributed by atoms with Gasteiger partial charge in [-0.05, 0) is 31.0 Å². The fraction of sp³-hybridized carbons (Fsp3) is 0.438. The normalized spacial score (nSPS) is 16.4. The predicted octanol–water partition coefficient (Wildman–Crippen LogP) is 1.36. The number of nitrogens with one attached hydrogen (secondary N) is 1. The van der Waals surface area contributed by atoms with Gasteiger partial charge in [0.15, 0.2) is 0 Å². The van der Waals surface area contributed by atoms with Crippen molar-refractivity contribution >= 4 is 21.9 Å². The number of piperidine rings is 1. The largest absolute Gasteiger partial charge is 0.497 e. The molecule has 9 nitrogen and oxygen atoms in total. The Morgan fingerprint density at radius 1 is 1.31 bits per heavy atom. The molecule has 0 atom stereocenters. The van der Waals surface area contributed by atoms with Crippen LogP contribution in [0, 0.1) is 5.92 Å². The molecule has 0 spiro atoms. The van der Waals surface area contributed by atoms with Gasteiger partial charge >= 0.3 is 6.01 Å². The standard InChI is InChI=1S/C16H20N4O5S/c1-24-13-5-3-4-12(10-13)15-18-19-16(25-15)17-14(21)11-6-8-20(9-7-11)26(2,22)23/h3-5,10-11H,6-9H2,1-2H3,(H,17,19,21). The number of anilines is 1. The number of carbonyl (C=O) groups is 1. The van der Waals surface area contributed by atoms with Crippen LogP contribution in [0.1, 0.15) is 12.8 Å². The van der Waals surface area contributed by atoms with Crippen molar-refractivity contribution in [1.82, 2.24) is 14.5 Å². The van der Waals surface area contributed by atoms with Gasteiger partial charge in [0.25, 0.3) is 0 Å². The number of carbonyl (C=O) groups excluding carboxylic acids is 1. The Hall–Kier alpha value is -2.46. The van der Waals surface area contributed by atoms with Gasteiger partial charge in [-0.15, -0.1) is 5.10 Å². The van der Waals surface area contributed by atoms with Crippen LogP contribution in [0.15, 0.2) is 28.7 Å². The third-order valence-corrected chi connectivity index (χ3v) is 5.57. The number of hydrogen-bond donors (Lipinski definition) is 1. The molecule has 1 aliphatic heterocycles. The molecule has 1 fully saturated rings. The first-order valence-corrected chi connectivity index (χ1v) is 9.95. The van der Waals surface area contributed by atoms with Gasteiger partial charge in [-0.1, -0.05) is 11.2 Å². The molecule has 1 aliphatic rings. The van der Waals surface area contributed by atoms with Gasteiger partial charge in [-0.3, -0.25) is 10.1 Å². The third kappa shape index (κ3) is 4.20. The number of benzene rings is 1. The highest BCUT2D eigenvalue weighted by molar-refractivity contribution is 7.88. The number of aromatic nitrogens is 2. The molecule has 0 unspecified atom stereocenters. The maximum Gasteiger partial charge on any atom is 0.322 e. The van der Waals surface area contributed by atoms with Crippen molar-refractivity contribution in [3.05, 3.63) is 24.3 Å². The molecule has 0 saturated carbocycles. The molecular formula is C16H20N4O5S. The van der Waals surface area contributed by atoms with E-state index in [0.29, 0.717) is 37.2 Å². The smallest absolute Gasteiger partial charge is 0.322 e. The molecule has 1 N–H and O–H groups in total. The minimum Gasteiger partial charge on any atom is -0.497 e.